The molecule has 2 heteroatoms. The Morgan fingerprint density at radius 3 is 3.00 bits per heavy atom. The standard InChI is InChI=1S/C10H15NO/c1-2-3-8-4-5-10(12-8)9-6-7-11-9/h4-5,9,11H,2-3,6-7H2,1H3. The summed E-state index contributed by atoms with van der Waals surface area (Å²) in [6.45, 7) is 3.30. The topological polar surface area (TPSA) is 25.2 Å². The fraction of sp³-hybridized carbons (Fsp3) is 0.600. The number of hydrogen-bond donors (Lipinski definition) is 1. The molecule has 1 fully saturated rings. The lowest BCUT2D eigenvalue weighted by Gasteiger charge is -2.25. The Hall–Kier alpha value is -0.760. The fourth-order valence-electron chi connectivity index (χ4n) is 1.49. The highest BCUT2D eigenvalue weighted by atomic mass is 16.3. The molecular weight excluding hydrogens is 150 g/mol. The van der Waals surface area contributed by atoms with Crippen LogP contribution in [0, 0.1) is 0 Å². The second kappa shape index (κ2) is 3.31. The zero-order chi connectivity index (χ0) is 8.39. The van der Waals surface area contributed by atoms with Gasteiger partial charge in [0.2, 0.25) is 0 Å². The van der Waals surface area contributed by atoms with Gasteiger partial charge in [0.15, 0.2) is 0 Å². The van der Waals surface area contributed by atoms with Gasteiger partial charge in [0.25, 0.3) is 0 Å². The van der Waals surface area contributed by atoms with E-state index in [2.05, 4.69) is 24.4 Å². The van der Waals surface area contributed by atoms with Crippen molar-refractivity contribution in [3.63, 3.8) is 0 Å². The maximum atomic E-state index is 5.67. The summed E-state index contributed by atoms with van der Waals surface area (Å²) in [6, 6.07) is 4.69. The molecule has 0 saturated carbocycles. The van der Waals surface area contributed by atoms with Gasteiger partial charge in [0.05, 0.1) is 6.04 Å². The van der Waals surface area contributed by atoms with Gasteiger partial charge in [-0.15, -0.1) is 0 Å². The lowest BCUT2D eigenvalue weighted by molar-refractivity contribution is 0.310. The second-order valence-corrected chi connectivity index (χ2v) is 3.35. The highest BCUT2D eigenvalue weighted by molar-refractivity contribution is 5.12. The van der Waals surface area contributed by atoms with Gasteiger partial charge in [-0.2, -0.15) is 0 Å². The molecule has 2 rings (SSSR count). The molecule has 1 atom stereocenters. The van der Waals surface area contributed by atoms with E-state index in [1.165, 1.54) is 6.42 Å². The molecule has 1 aliphatic heterocycles. The van der Waals surface area contributed by atoms with Crippen LogP contribution in [-0.2, 0) is 6.42 Å². The van der Waals surface area contributed by atoms with Crippen molar-refractivity contribution >= 4 is 0 Å². The molecule has 2 heterocycles. The van der Waals surface area contributed by atoms with Crippen LogP contribution in [-0.4, -0.2) is 6.54 Å². The lowest BCUT2D eigenvalue weighted by Crippen LogP contribution is -2.34. The Balaban J connectivity index is 2.02. The molecule has 0 aromatic carbocycles. The molecule has 1 unspecified atom stereocenters. The van der Waals surface area contributed by atoms with Crippen molar-refractivity contribution in [3.8, 4) is 0 Å². The van der Waals surface area contributed by atoms with E-state index >= 15 is 0 Å². The molecule has 1 N–H and O–H groups in total. The van der Waals surface area contributed by atoms with Gasteiger partial charge in [-0.25, -0.2) is 0 Å². The molecular formula is C10H15NO. The van der Waals surface area contributed by atoms with Crippen molar-refractivity contribution in [2.24, 2.45) is 0 Å². The molecule has 0 amide bonds. The summed E-state index contributed by atoms with van der Waals surface area (Å²) >= 11 is 0. The smallest absolute Gasteiger partial charge is 0.121 e. The normalized spacial score (nSPS) is 22.2. The molecule has 0 bridgehead atoms. The maximum absolute atomic E-state index is 5.67. The SMILES string of the molecule is CCCc1ccc(C2CCN2)o1. The van der Waals surface area contributed by atoms with E-state index in [4.69, 9.17) is 4.42 Å². The minimum atomic E-state index is 0.496. The quantitative estimate of drug-likeness (QED) is 0.743. The first-order chi connectivity index (χ1) is 5.90. The van der Waals surface area contributed by atoms with E-state index in [1.807, 2.05) is 0 Å². The monoisotopic (exact) mass is 165 g/mol. The largest absolute Gasteiger partial charge is 0.464 e. The molecule has 1 aromatic rings. The Labute approximate surface area is 73.0 Å². The van der Waals surface area contributed by atoms with Crippen LogP contribution in [0.15, 0.2) is 16.5 Å². The van der Waals surface area contributed by atoms with Crippen LogP contribution in [0.25, 0.3) is 0 Å². The number of rotatable bonds is 3. The number of furan rings is 1. The summed E-state index contributed by atoms with van der Waals surface area (Å²) in [5.41, 5.74) is 0. The summed E-state index contributed by atoms with van der Waals surface area (Å²) in [5.74, 6) is 2.24. The van der Waals surface area contributed by atoms with Gasteiger partial charge >= 0.3 is 0 Å². The van der Waals surface area contributed by atoms with Crippen molar-refractivity contribution in [2.45, 2.75) is 32.2 Å². The molecule has 12 heavy (non-hydrogen) atoms. The predicted octanol–water partition coefficient (Wildman–Crippen LogP) is 2.27. The number of aryl methyl sites for hydroxylation is 1. The van der Waals surface area contributed by atoms with Crippen molar-refractivity contribution in [2.75, 3.05) is 6.54 Å². The Morgan fingerprint density at radius 1 is 1.58 bits per heavy atom. The van der Waals surface area contributed by atoms with E-state index in [-0.39, 0.29) is 0 Å². The molecule has 2 nitrogen and oxygen atoms in total. The average Bonchev–Trinajstić information content (AvgIpc) is 2.34. The van der Waals surface area contributed by atoms with Crippen molar-refractivity contribution in [1.82, 2.24) is 5.32 Å². The summed E-state index contributed by atoms with van der Waals surface area (Å²) in [6.07, 6.45) is 3.44. The van der Waals surface area contributed by atoms with Crippen LogP contribution in [0.5, 0.6) is 0 Å². The zero-order valence-corrected chi connectivity index (χ0v) is 7.47. The van der Waals surface area contributed by atoms with Crippen molar-refractivity contribution in [1.29, 1.82) is 0 Å². The lowest BCUT2D eigenvalue weighted by atomic mass is 10.1. The molecule has 0 aliphatic carbocycles. The molecule has 1 aromatic heterocycles. The predicted molar refractivity (Wildman–Crippen MR) is 48.1 cm³/mol. The molecule has 0 spiro atoms. The molecule has 1 saturated heterocycles. The van der Waals surface area contributed by atoms with Crippen LogP contribution in [0.2, 0.25) is 0 Å². The van der Waals surface area contributed by atoms with Gasteiger partial charge in [-0.3, -0.25) is 0 Å². The van der Waals surface area contributed by atoms with Gasteiger partial charge in [-0.05, 0) is 31.5 Å². The Kier molecular flexibility index (Phi) is 2.17. The summed E-state index contributed by atoms with van der Waals surface area (Å²) in [5, 5.41) is 3.32. The molecule has 66 valence electrons. The summed E-state index contributed by atoms with van der Waals surface area (Å²) in [4.78, 5) is 0. The third-order valence-electron chi connectivity index (χ3n) is 2.35. The highest BCUT2D eigenvalue weighted by Gasteiger charge is 2.21. The minimum Gasteiger partial charge on any atom is -0.464 e. The van der Waals surface area contributed by atoms with Gasteiger partial charge in [0, 0.05) is 6.42 Å². The first-order valence-corrected chi connectivity index (χ1v) is 4.72. The van der Waals surface area contributed by atoms with Crippen LogP contribution in [0.3, 0.4) is 0 Å². The van der Waals surface area contributed by atoms with E-state index in [0.717, 1.165) is 30.9 Å². The van der Waals surface area contributed by atoms with Crippen molar-refractivity contribution in [3.05, 3.63) is 23.7 Å². The molecule has 1 aliphatic rings. The van der Waals surface area contributed by atoms with Gasteiger partial charge in [0.1, 0.15) is 11.5 Å². The first-order valence-electron chi connectivity index (χ1n) is 4.72. The number of nitrogens with one attached hydrogen (secondary N) is 1. The Bertz CT molecular complexity index is 250. The second-order valence-electron chi connectivity index (χ2n) is 3.35. The van der Waals surface area contributed by atoms with E-state index in [0.29, 0.717) is 6.04 Å². The highest BCUT2D eigenvalue weighted by Crippen LogP contribution is 2.24. The van der Waals surface area contributed by atoms with E-state index < -0.39 is 0 Å². The summed E-state index contributed by atoms with van der Waals surface area (Å²) in [7, 11) is 0. The minimum absolute atomic E-state index is 0.496. The zero-order valence-electron chi connectivity index (χ0n) is 7.47. The number of hydrogen-bond acceptors (Lipinski definition) is 2. The molecule has 0 radical (unpaired) electrons. The van der Waals surface area contributed by atoms with Crippen LogP contribution < -0.4 is 5.32 Å². The van der Waals surface area contributed by atoms with Crippen LogP contribution in [0.1, 0.15) is 37.3 Å². The van der Waals surface area contributed by atoms with Gasteiger partial charge in [-0.1, -0.05) is 6.92 Å². The van der Waals surface area contributed by atoms with Crippen LogP contribution in [0.4, 0.5) is 0 Å². The van der Waals surface area contributed by atoms with Crippen LogP contribution >= 0.6 is 0 Å². The Morgan fingerprint density at radius 2 is 2.42 bits per heavy atom. The summed E-state index contributed by atoms with van der Waals surface area (Å²) < 4.78 is 5.67. The van der Waals surface area contributed by atoms with E-state index in [9.17, 15) is 0 Å². The van der Waals surface area contributed by atoms with Crippen molar-refractivity contribution < 1.29 is 4.42 Å². The van der Waals surface area contributed by atoms with E-state index in [1.54, 1.807) is 0 Å². The maximum Gasteiger partial charge on any atom is 0.121 e. The third-order valence-corrected chi connectivity index (χ3v) is 2.35. The average molecular weight is 165 g/mol. The third kappa shape index (κ3) is 1.39. The van der Waals surface area contributed by atoms with Gasteiger partial charge < -0.3 is 9.73 Å². The first kappa shape index (κ1) is 7.87. The fourth-order valence-corrected chi connectivity index (χ4v) is 1.49.